The molecule has 0 spiro atoms. The first-order valence-corrected chi connectivity index (χ1v) is 4.41. The highest BCUT2D eigenvalue weighted by atomic mass is 16.5. The highest BCUT2D eigenvalue weighted by Gasteiger charge is 2.15. The Morgan fingerprint density at radius 1 is 1.42 bits per heavy atom. The van der Waals surface area contributed by atoms with E-state index < -0.39 is 0 Å². The van der Waals surface area contributed by atoms with E-state index in [9.17, 15) is 4.79 Å². The van der Waals surface area contributed by atoms with E-state index in [1.165, 1.54) is 0 Å². The van der Waals surface area contributed by atoms with Gasteiger partial charge in [-0.05, 0) is 12.8 Å². The third-order valence-corrected chi connectivity index (χ3v) is 2.15. The fourth-order valence-corrected chi connectivity index (χ4v) is 1.27. The molecular weight excluding hydrogens is 154 g/mol. The van der Waals surface area contributed by atoms with Gasteiger partial charge in [0.25, 0.3) is 0 Å². The van der Waals surface area contributed by atoms with Crippen molar-refractivity contribution < 1.29 is 9.53 Å². The molecule has 0 bridgehead atoms. The van der Waals surface area contributed by atoms with Crippen molar-refractivity contribution in [1.82, 2.24) is 4.90 Å². The number of rotatable bonds is 5. The van der Waals surface area contributed by atoms with Gasteiger partial charge in [0.1, 0.15) is 6.61 Å². The lowest BCUT2D eigenvalue weighted by atomic mass is 10.1. The SMILES string of the molecule is CCC(CC)N(C)C(=O)COC. The highest BCUT2D eigenvalue weighted by molar-refractivity contribution is 5.77. The quantitative estimate of drug-likeness (QED) is 0.626. The number of methoxy groups -OCH3 is 1. The molecule has 0 aromatic carbocycles. The van der Waals surface area contributed by atoms with Crippen LogP contribution in [-0.4, -0.2) is 37.6 Å². The number of amides is 1. The number of likely N-dealkylation sites (N-methyl/N-ethyl adjacent to an activating group) is 1. The van der Waals surface area contributed by atoms with Gasteiger partial charge in [0, 0.05) is 20.2 Å². The molecule has 0 unspecified atom stereocenters. The molecule has 0 radical (unpaired) electrons. The first-order valence-electron chi connectivity index (χ1n) is 4.41. The fraction of sp³-hybridized carbons (Fsp3) is 0.889. The summed E-state index contributed by atoms with van der Waals surface area (Å²) in [6, 6.07) is 0.354. The largest absolute Gasteiger partial charge is 0.375 e. The molecule has 0 rings (SSSR count). The zero-order chi connectivity index (χ0) is 9.56. The summed E-state index contributed by atoms with van der Waals surface area (Å²) in [6.45, 7) is 4.36. The van der Waals surface area contributed by atoms with E-state index in [2.05, 4.69) is 13.8 Å². The first kappa shape index (κ1) is 11.4. The maximum Gasteiger partial charge on any atom is 0.248 e. The number of carbonyl (C=O) groups excluding carboxylic acids is 1. The lowest BCUT2D eigenvalue weighted by Crippen LogP contribution is -2.38. The van der Waals surface area contributed by atoms with E-state index in [4.69, 9.17) is 4.74 Å². The molecule has 0 saturated carbocycles. The van der Waals surface area contributed by atoms with Crippen LogP contribution < -0.4 is 0 Å². The number of ether oxygens (including phenoxy) is 1. The van der Waals surface area contributed by atoms with Crippen molar-refractivity contribution in [1.29, 1.82) is 0 Å². The molecule has 0 atom stereocenters. The van der Waals surface area contributed by atoms with Gasteiger partial charge in [0.15, 0.2) is 0 Å². The second-order valence-corrected chi connectivity index (χ2v) is 2.91. The number of hydrogen-bond acceptors (Lipinski definition) is 2. The smallest absolute Gasteiger partial charge is 0.248 e. The molecule has 0 aliphatic rings. The molecule has 0 fully saturated rings. The highest BCUT2D eigenvalue weighted by Crippen LogP contribution is 2.05. The zero-order valence-electron chi connectivity index (χ0n) is 8.46. The lowest BCUT2D eigenvalue weighted by Gasteiger charge is -2.25. The van der Waals surface area contributed by atoms with Crippen LogP contribution >= 0.6 is 0 Å². The van der Waals surface area contributed by atoms with Crippen molar-refractivity contribution in [3.8, 4) is 0 Å². The summed E-state index contributed by atoms with van der Waals surface area (Å²) in [5.41, 5.74) is 0. The first-order chi connectivity index (χ1) is 5.67. The minimum Gasteiger partial charge on any atom is -0.375 e. The molecule has 0 aliphatic carbocycles. The van der Waals surface area contributed by atoms with Crippen LogP contribution in [0.5, 0.6) is 0 Å². The van der Waals surface area contributed by atoms with Gasteiger partial charge >= 0.3 is 0 Å². The van der Waals surface area contributed by atoms with Gasteiger partial charge in [-0.3, -0.25) is 4.79 Å². The molecule has 1 amide bonds. The van der Waals surface area contributed by atoms with Gasteiger partial charge in [-0.1, -0.05) is 13.8 Å². The van der Waals surface area contributed by atoms with E-state index in [0.717, 1.165) is 12.8 Å². The Balaban J connectivity index is 3.96. The normalized spacial score (nSPS) is 10.4. The van der Waals surface area contributed by atoms with Crippen molar-refractivity contribution >= 4 is 5.91 Å². The second kappa shape index (κ2) is 6.00. The molecule has 0 saturated heterocycles. The monoisotopic (exact) mass is 173 g/mol. The predicted molar refractivity (Wildman–Crippen MR) is 49.0 cm³/mol. The van der Waals surface area contributed by atoms with Crippen LogP contribution in [0.25, 0.3) is 0 Å². The molecule has 3 heteroatoms. The molecule has 0 heterocycles. The Bertz CT molecular complexity index is 132. The third kappa shape index (κ3) is 3.22. The zero-order valence-corrected chi connectivity index (χ0v) is 8.46. The Hall–Kier alpha value is -0.570. The van der Waals surface area contributed by atoms with Crippen LogP contribution in [-0.2, 0) is 9.53 Å². The van der Waals surface area contributed by atoms with Gasteiger partial charge < -0.3 is 9.64 Å². The summed E-state index contributed by atoms with van der Waals surface area (Å²) in [6.07, 6.45) is 2.00. The van der Waals surface area contributed by atoms with E-state index in [1.54, 1.807) is 12.0 Å². The molecule has 72 valence electrons. The maximum absolute atomic E-state index is 11.3. The molecule has 0 aromatic heterocycles. The van der Waals surface area contributed by atoms with Crippen LogP contribution in [0.15, 0.2) is 0 Å². The van der Waals surface area contributed by atoms with Crippen LogP contribution in [0.1, 0.15) is 26.7 Å². The summed E-state index contributed by atoms with van der Waals surface area (Å²) in [7, 11) is 3.37. The van der Waals surface area contributed by atoms with E-state index in [1.807, 2.05) is 7.05 Å². The van der Waals surface area contributed by atoms with Crippen molar-refractivity contribution in [2.75, 3.05) is 20.8 Å². The van der Waals surface area contributed by atoms with E-state index in [0.29, 0.717) is 6.04 Å². The number of hydrogen-bond donors (Lipinski definition) is 0. The van der Waals surface area contributed by atoms with Crippen LogP contribution in [0.3, 0.4) is 0 Å². The Morgan fingerprint density at radius 2 is 1.92 bits per heavy atom. The minimum absolute atomic E-state index is 0.0613. The summed E-state index contributed by atoms with van der Waals surface area (Å²) in [5, 5.41) is 0. The topological polar surface area (TPSA) is 29.5 Å². The standard InChI is InChI=1S/C9H19NO2/c1-5-8(6-2)10(3)9(11)7-12-4/h8H,5-7H2,1-4H3. The molecule has 0 N–H and O–H groups in total. The Labute approximate surface area is 74.7 Å². The average Bonchev–Trinajstić information content (AvgIpc) is 2.07. The van der Waals surface area contributed by atoms with Crippen molar-refractivity contribution in [2.45, 2.75) is 32.7 Å². The number of nitrogens with zero attached hydrogens (tertiary/aromatic N) is 1. The molecule has 12 heavy (non-hydrogen) atoms. The summed E-state index contributed by atoms with van der Waals surface area (Å²) >= 11 is 0. The van der Waals surface area contributed by atoms with Crippen LogP contribution in [0.4, 0.5) is 0 Å². The summed E-state index contributed by atoms with van der Waals surface area (Å²) in [4.78, 5) is 13.1. The predicted octanol–water partition coefficient (Wildman–Crippen LogP) is 1.28. The minimum atomic E-state index is 0.0613. The average molecular weight is 173 g/mol. The fourth-order valence-electron chi connectivity index (χ4n) is 1.27. The van der Waals surface area contributed by atoms with Gasteiger partial charge in [0.05, 0.1) is 0 Å². The maximum atomic E-state index is 11.3. The molecule has 0 aromatic rings. The van der Waals surface area contributed by atoms with Gasteiger partial charge in [0.2, 0.25) is 5.91 Å². The third-order valence-electron chi connectivity index (χ3n) is 2.15. The van der Waals surface area contributed by atoms with Crippen molar-refractivity contribution in [2.24, 2.45) is 0 Å². The Kier molecular flexibility index (Phi) is 5.72. The van der Waals surface area contributed by atoms with E-state index in [-0.39, 0.29) is 12.5 Å². The molecule has 0 aliphatic heterocycles. The van der Waals surface area contributed by atoms with Crippen LogP contribution in [0, 0.1) is 0 Å². The van der Waals surface area contributed by atoms with E-state index >= 15 is 0 Å². The summed E-state index contributed by atoms with van der Waals surface area (Å²) < 4.78 is 4.77. The summed E-state index contributed by atoms with van der Waals surface area (Å²) in [5.74, 6) is 0.0613. The molecule has 3 nitrogen and oxygen atoms in total. The number of carbonyl (C=O) groups is 1. The van der Waals surface area contributed by atoms with Gasteiger partial charge in [-0.2, -0.15) is 0 Å². The van der Waals surface area contributed by atoms with Crippen molar-refractivity contribution in [3.63, 3.8) is 0 Å². The molecular formula is C9H19NO2. The van der Waals surface area contributed by atoms with Crippen molar-refractivity contribution in [3.05, 3.63) is 0 Å². The van der Waals surface area contributed by atoms with Gasteiger partial charge in [-0.25, -0.2) is 0 Å². The van der Waals surface area contributed by atoms with Gasteiger partial charge in [-0.15, -0.1) is 0 Å². The second-order valence-electron chi connectivity index (χ2n) is 2.91. The van der Waals surface area contributed by atoms with Crippen LogP contribution in [0.2, 0.25) is 0 Å². The Morgan fingerprint density at radius 3 is 2.25 bits per heavy atom. The lowest BCUT2D eigenvalue weighted by molar-refractivity contribution is -0.136.